The van der Waals surface area contributed by atoms with Crippen molar-refractivity contribution in [3.05, 3.63) is 83.4 Å². The van der Waals surface area contributed by atoms with Crippen molar-refractivity contribution in [3.63, 3.8) is 0 Å². The van der Waals surface area contributed by atoms with Crippen molar-refractivity contribution in [2.24, 2.45) is 5.92 Å². The highest BCUT2D eigenvalue weighted by Gasteiger charge is 2.61. The summed E-state index contributed by atoms with van der Waals surface area (Å²) in [5, 5.41) is 11.6. The number of hydrogen-bond acceptors (Lipinski definition) is 7. The number of hydrogen-bond donors (Lipinski definition) is 1. The number of imide groups is 1. The zero-order valence-electron chi connectivity index (χ0n) is 19.9. The van der Waals surface area contributed by atoms with Gasteiger partial charge in [0.2, 0.25) is 5.91 Å². The van der Waals surface area contributed by atoms with E-state index in [1.165, 1.54) is 19.3 Å². The number of nitrogens with zero attached hydrogens (tertiary/aromatic N) is 2. The molecule has 0 saturated carbocycles. The molecule has 2 heterocycles. The first kappa shape index (κ1) is 23.4. The fraction of sp³-hybridized carbons (Fsp3) is 0.222. The number of carboxylic acid groups (broad SMARTS) is 1. The molecular formula is C27H24N2O7. The largest absolute Gasteiger partial charge is 0.493 e. The molecule has 9 nitrogen and oxygen atoms in total. The Morgan fingerprint density at radius 2 is 1.64 bits per heavy atom. The zero-order valence-corrected chi connectivity index (χ0v) is 19.9. The molecule has 2 aliphatic heterocycles. The number of amides is 2. The lowest BCUT2D eigenvalue weighted by Crippen LogP contribution is -2.37. The molecule has 9 heteroatoms. The predicted molar refractivity (Wildman–Crippen MR) is 130 cm³/mol. The number of carbonyl (C=O) groups is 3. The van der Waals surface area contributed by atoms with Crippen molar-refractivity contribution in [2.45, 2.75) is 19.1 Å². The second-order valence-electron chi connectivity index (χ2n) is 8.58. The Hall–Kier alpha value is -4.37. The van der Waals surface area contributed by atoms with Crippen LogP contribution >= 0.6 is 0 Å². The molecule has 3 aromatic rings. The van der Waals surface area contributed by atoms with Gasteiger partial charge in [0.15, 0.2) is 17.6 Å². The number of anilines is 2. The van der Waals surface area contributed by atoms with E-state index in [-0.39, 0.29) is 22.6 Å². The maximum Gasteiger partial charge on any atom is 0.339 e. The summed E-state index contributed by atoms with van der Waals surface area (Å²) in [6, 6.07) is 18.2. The number of carboxylic acids is 1. The van der Waals surface area contributed by atoms with E-state index in [2.05, 4.69) is 0 Å². The molecule has 2 fully saturated rings. The van der Waals surface area contributed by atoms with Gasteiger partial charge in [0.05, 0.1) is 31.6 Å². The first-order valence-corrected chi connectivity index (χ1v) is 11.3. The number of aromatic carboxylic acids is 1. The number of para-hydroxylation sites is 1. The van der Waals surface area contributed by atoms with Gasteiger partial charge in [-0.05, 0) is 48.4 Å². The molecule has 0 aliphatic carbocycles. The van der Waals surface area contributed by atoms with Crippen LogP contribution in [0, 0.1) is 12.8 Å². The van der Waals surface area contributed by atoms with E-state index in [0.29, 0.717) is 11.4 Å². The Kier molecular flexibility index (Phi) is 5.85. The summed E-state index contributed by atoms with van der Waals surface area (Å²) >= 11 is 0. The average molecular weight is 488 g/mol. The summed E-state index contributed by atoms with van der Waals surface area (Å²) in [6.07, 6.45) is -1.13. The number of aryl methyl sites for hydroxylation is 1. The number of ether oxygens (including phenoxy) is 2. The lowest BCUT2D eigenvalue weighted by atomic mass is 9.87. The van der Waals surface area contributed by atoms with E-state index in [4.69, 9.17) is 14.3 Å². The van der Waals surface area contributed by atoms with Crippen molar-refractivity contribution < 1.29 is 33.8 Å². The molecule has 3 aromatic carbocycles. The molecule has 0 unspecified atom stereocenters. The summed E-state index contributed by atoms with van der Waals surface area (Å²) in [5.74, 6) is -2.97. The van der Waals surface area contributed by atoms with Gasteiger partial charge in [-0.25, -0.2) is 14.8 Å². The minimum absolute atomic E-state index is 0.0197. The highest BCUT2D eigenvalue weighted by molar-refractivity contribution is 6.24. The molecule has 0 bridgehead atoms. The van der Waals surface area contributed by atoms with Crippen LogP contribution < -0.4 is 19.4 Å². The topological polar surface area (TPSA) is 106 Å². The predicted octanol–water partition coefficient (Wildman–Crippen LogP) is 3.76. The first-order valence-electron chi connectivity index (χ1n) is 11.3. The molecule has 2 aliphatic rings. The highest BCUT2D eigenvalue weighted by Crippen LogP contribution is 2.50. The third-order valence-corrected chi connectivity index (χ3v) is 6.50. The number of benzene rings is 3. The van der Waals surface area contributed by atoms with E-state index >= 15 is 0 Å². The van der Waals surface area contributed by atoms with Gasteiger partial charge in [-0.15, -0.1) is 0 Å². The maximum atomic E-state index is 13.8. The molecule has 3 atom stereocenters. The molecule has 36 heavy (non-hydrogen) atoms. The first-order chi connectivity index (χ1) is 17.4. The molecule has 184 valence electrons. The van der Waals surface area contributed by atoms with Crippen LogP contribution in [0.3, 0.4) is 0 Å². The van der Waals surface area contributed by atoms with Crippen LogP contribution in [-0.4, -0.2) is 43.2 Å². The highest BCUT2D eigenvalue weighted by atomic mass is 16.7. The smallest absolute Gasteiger partial charge is 0.339 e. The van der Waals surface area contributed by atoms with Gasteiger partial charge in [0.1, 0.15) is 11.5 Å². The summed E-state index contributed by atoms with van der Waals surface area (Å²) in [6.45, 7) is 1.87. The van der Waals surface area contributed by atoms with Gasteiger partial charge >= 0.3 is 5.97 Å². The Labute approximate surface area is 207 Å². The van der Waals surface area contributed by atoms with Crippen molar-refractivity contribution in [1.82, 2.24) is 0 Å². The lowest BCUT2D eigenvalue weighted by molar-refractivity contribution is -0.126. The quantitative estimate of drug-likeness (QED) is 0.523. The van der Waals surface area contributed by atoms with Crippen LogP contribution in [-0.2, 0) is 14.4 Å². The number of methoxy groups -OCH3 is 2. The van der Waals surface area contributed by atoms with Crippen molar-refractivity contribution in [1.29, 1.82) is 0 Å². The van der Waals surface area contributed by atoms with Crippen molar-refractivity contribution in [3.8, 4) is 11.5 Å². The third-order valence-electron chi connectivity index (χ3n) is 6.50. The van der Waals surface area contributed by atoms with Crippen LogP contribution in [0.4, 0.5) is 11.4 Å². The summed E-state index contributed by atoms with van der Waals surface area (Å²) < 4.78 is 10.7. The molecule has 1 N–H and O–H groups in total. The second kappa shape index (κ2) is 9.01. The SMILES string of the molecule is COc1ccc([C@@H]2[C@H]3C(=O)N(c4cccc(C)c4)C(=O)[C@@H]3ON2c2ccccc2)c(C(=O)O)c1OC. The monoisotopic (exact) mass is 488 g/mol. The second-order valence-corrected chi connectivity index (χ2v) is 8.58. The Morgan fingerprint density at radius 3 is 2.28 bits per heavy atom. The molecule has 2 amide bonds. The number of carbonyl (C=O) groups excluding carboxylic acids is 2. The molecule has 5 rings (SSSR count). The van der Waals surface area contributed by atoms with E-state index < -0.39 is 35.8 Å². The Morgan fingerprint density at radius 1 is 0.917 bits per heavy atom. The third kappa shape index (κ3) is 3.56. The van der Waals surface area contributed by atoms with Crippen molar-refractivity contribution in [2.75, 3.05) is 24.2 Å². The minimum Gasteiger partial charge on any atom is -0.493 e. The standard InChI is InChI=1S/C27H24N2O7/c1-15-8-7-11-17(14-15)28-25(30)21-22(18-12-13-19(34-2)23(35-3)20(18)27(32)33)29(36-24(21)26(28)31)16-9-5-4-6-10-16/h4-14,21-22,24H,1-3H3,(H,32,33)/t21-,22-,24-/m1/s1. The lowest BCUT2D eigenvalue weighted by Gasteiger charge is -2.30. The number of fused-ring (bicyclic) bond motifs is 1. The van der Waals surface area contributed by atoms with Gasteiger partial charge in [0, 0.05) is 0 Å². The van der Waals surface area contributed by atoms with Gasteiger partial charge in [-0.1, -0.05) is 36.4 Å². The van der Waals surface area contributed by atoms with Crippen LogP contribution in [0.2, 0.25) is 0 Å². The van der Waals surface area contributed by atoms with Crippen molar-refractivity contribution >= 4 is 29.2 Å². The van der Waals surface area contributed by atoms with Crippen LogP contribution in [0.25, 0.3) is 0 Å². The number of hydroxylamine groups is 1. The van der Waals surface area contributed by atoms with E-state index in [9.17, 15) is 19.5 Å². The molecule has 0 radical (unpaired) electrons. The molecule has 0 aromatic heterocycles. The Bertz CT molecular complexity index is 1360. The van der Waals surface area contributed by atoms with Gasteiger partial charge < -0.3 is 14.6 Å². The van der Waals surface area contributed by atoms with E-state index in [1.807, 2.05) is 19.1 Å². The van der Waals surface area contributed by atoms with E-state index in [1.54, 1.807) is 54.6 Å². The molecule has 2 saturated heterocycles. The zero-order chi connectivity index (χ0) is 25.6. The fourth-order valence-electron chi connectivity index (χ4n) is 4.96. The van der Waals surface area contributed by atoms with Gasteiger partial charge in [-0.3, -0.25) is 14.4 Å². The minimum atomic E-state index is -1.26. The van der Waals surface area contributed by atoms with Gasteiger partial charge in [-0.2, -0.15) is 0 Å². The van der Waals surface area contributed by atoms with Crippen LogP contribution in [0.5, 0.6) is 11.5 Å². The van der Waals surface area contributed by atoms with Gasteiger partial charge in [0.25, 0.3) is 5.91 Å². The molecule has 0 spiro atoms. The van der Waals surface area contributed by atoms with E-state index in [0.717, 1.165) is 10.5 Å². The average Bonchev–Trinajstić information content (AvgIpc) is 3.39. The molecular weight excluding hydrogens is 464 g/mol. The summed E-state index contributed by atoms with van der Waals surface area (Å²) in [7, 11) is 2.76. The summed E-state index contributed by atoms with van der Waals surface area (Å²) in [4.78, 5) is 47.0. The maximum absolute atomic E-state index is 13.8. The fourth-order valence-corrected chi connectivity index (χ4v) is 4.96. The summed E-state index contributed by atoms with van der Waals surface area (Å²) in [5.41, 5.74) is 2.01. The Balaban J connectivity index is 1.69. The normalized spacial score (nSPS) is 21.0. The van der Waals surface area contributed by atoms with Crippen LogP contribution in [0.1, 0.15) is 27.5 Å². The number of rotatable bonds is 6. The van der Waals surface area contributed by atoms with Crippen LogP contribution in [0.15, 0.2) is 66.7 Å².